The van der Waals surface area contributed by atoms with Crippen LogP contribution >= 0.6 is 0 Å². The van der Waals surface area contributed by atoms with E-state index in [0.717, 1.165) is 27.9 Å². The number of pyridine rings is 1. The van der Waals surface area contributed by atoms with Crippen molar-refractivity contribution in [2.24, 2.45) is 5.10 Å². The average molecular weight is 288 g/mol. The number of anilines is 1. The molecule has 0 spiro atoms. The largest absolute Gasteiger partial charge is 0.307 e. The quantitative estimate of drug-likeness (QED) is 0.587. The maximum absolute atomic E-state index is 9.34. The van der Waals surface area contributed by atoms with Crippen molar-refractivity contribution in [3.05, 3.63) is 71.0 Å². The highest BCUT2D eigenvalue weighted by atomic mass is 15.3. The Labute approximate surface area is 129 Å². The van der Waals surface area contributed by atoms with Gasteiger partial charge in [-0.2, -0.15) is 10.4 Å². The van der Waals surface area contributed by atoms with Crippen molar-refractivity contribution in [3.63, 3.8) is 0 Å². The molecule has 0 saturated carbocycles. The molecule has 0 aliphatic heterocycles. The van der Waals surface area contributed by atoms with Gasteiger partial charge in [-0.1, -0.05) is 24.3 Å². The number of benzene rings is 1. The van der Waals surface area contributed by atoms with Crippen LogP contribution in [0.3, 0.4) is 0 Å². The zero-order chi connectivity index (χ0) is 15.5. The summed E-state index contributed by atoms with van der Waals surface area (Å²) in [7, 11) is 0. The van der Waals surface area contributed by atoms with Crippen molar-refractivity contribution in [1.29, 1.82) is 5.26 Å². The fourth-order valence-corrected chi connectivity index (χ4v) is 2.52. The number of nitrogens with one attached hydrogen (secondary N) is 1. The Balaban J connectivity index is 1.98. The van der Waals surface area contributed by atoms with E-state index in [1.165, 1.54) is 0 Å². The lowest BCUT2D eigenvalue weighted by atomic mass is 10.1. The number of nitrogens with zero attached hydrogens (tertiary/aromatic N) is 3. The van der Waals surface area contributed by atoms with Crippen LogP contribution in [0.5, 0.6) is 0 Å². The van der Waals surface area contributed by atoms with E-state index in [-0.39, 0.29) is 0 Å². The molecule has 0 fully saturated rings. The normalized spacial score (nSPS) is 11.0. The number of hydrazone groups is 1. The third-order valence-corrected chi connectivity index (χ3v) is 3.77. The van der Waals surface area contributed by atoms with Gasteiger partial charge in [0, 0.05) is 11.8 Å². The molecule has 4 nitrogen and oxygen atoms in total. The first-order valence-corrected chi connectivity index (χ1v) is 7.07. The van der Waals surface area contributed by atoms with Gasteiger partial charge in [-0.3, -0.25) is 5.43 Å². The second-order valence-electron chi connectivity index (χ2n) is 5.14. The summed E-state index contributed by atoms with van der Waals surface area (Å²) in [6.07, 6.45) is 3.67. The van der Waals surface area contributed by atoms with Crippen molar-refractivity contribution >= 4 is 17.4 Å². The van der Waals surface area contributed by atoms with Crippen LogP contribution in [-0.2, 0) is 0 Å². The lowest BCUT2D eigenvalue weighted by molar-refractivity contribution is 1.14. The van der Waals surface area contributed by atoms with Gasteiger partial charge in [0.05, 0.1) is 17.4 Å². The van der Waals surface area contributed by atoms with Gasteiger partial charge in [-0.15, -0.1) is 0 Å². The van der Waals surface area contributed by atoms with Crippen LogP contribution in [0.4, 0.5) is 5.69 Å². The van der Waals surface area contributed by atoms with Gasteiger partial charge in [0.1, 0.15) is 11.8 Å². The van der Waals surface area contributed by atoms with E-state index in [1.54, 1.807) is 6.21 Å². The van der Waals surface area contributed by atoms with Gasteiger partial charge in [0.15, 0.2) is 0 Å². The molecule has 0 saturated heterocycles. The van der Waals surface area contributed by atoms with Gasteiger partial charge >= 0.3 is 0 Å². The maximum Gasteiger partial charge on any atom is 0.128 e. The van der Waals surface area contributed by atoms with Gasteiger partial charge in [-0.05, 0) is 43.2 Å². The molecule has 3 rings (SSSR count). The van der Waals surface area contributed by atoms with Gasteiger partial charge in [0.2, 0.25) is 0 Å². The van der Waals surface area contributed by atoms with Crippen LogP contribution < -0.4 is 5.43 Å². The first-order chi connectivity index (χ1) is 10.7. The number of rotatable bonds is 3. The van der Waals surface area contributed by atoms with Crippen LogP contribution in [0, 0.1) is 25.2 Å². The minimum atomic E-state index is 0.646. The summed E-state index contributed by atoms with van der Waals surface area (Å²) < 4.78 is 1.89. The van der Waals surface area contributed by atoms with Crippen molar-refractivity contribution < 1.29 is 0 Å². The predicted molar refractivity (Wildman–Crippen MR) is 89.2 cm³/mol. The minimum Gasteiger partial charge on any atom is -0.307 e. The van der Waals surface area contributed by atoms with Crippen LogP contribution in [0.15, 0.2) is 53.8 Å². The molecule has 2 heterocycles. The monoisotopic (exact) mass is 288 g/mol. The molecule has 2 aromatic heterocycles. The van der Waals surface area contributed by atoms with Crippen LogP contribution in [0.1, 0.15) is 22.4 Å². The number of para-hydroxylation sites is 1. The van der Waals surface area contributed by atoms with E-state index in [1.807, 2.05) is 66.9 Å². The zero-order valence-corrected chi connectivity index (χ0v) is 12.5. The fraction of sp³-hybridized carbons (Fsp3) is 0.111. The van der Waals surface area contributed by atoms with Crippen molar-refractivity contribution in [2.45, 2.75) is 13.8 Å². The summed E-state index contributed by atoms with van der Waals surface area (Å²) in [5.41, 5.74) is 8.68. The molecule has 108 valence electrons. The van der Waals surface area contributed by atoms with Crippen LogP contribution in [0.25, 0.3) is 5.52 Å². The lowest BCUT2D eigenvalue weighted by Crippen LogP contribution is -1.93. The Morgan fingerprint density at radius 1 is 1.14 bits per heavy atom. The molecule has 0 unspecified atom stereocenters. The third kappa shape index (κ3) is 2.33. The summed E-state index contributed by atoms with van der Waals surface area (Å²) in [5.74, 6) is 0. The topological polar surface area (TPSA) is 52.6 Å². The van der Waals surface area contributed by atoms with Crippen molar-refractivity contribution in [2.75, 3.05) is 5.43 Å². The molecule has 0 amide bonds. The Kier molecular flexibility index (Phi) is 3.63. The molecule has 0 aliphatic carbocycles. The Morgan fingerprint density at radius 3 is 2.68 bits per heavy atom. The molecule has 22 heavy (non-hydrogen) atoms. The minimum absolute atomic E-state index is 0.646. The van der Waals surface area contributed by atoms with Gasteiger partial charge in [0.25, 0.3) is 0 Å². The Bertz CT molecular complexity index is 897. The fourth-order valence-electron chi connectivity index (χ4n) is 2.52. The molecule has 0 aliphatic rings. The molecule has 3 aromatic rings. The smallest absolute Gasteiger partial charge is 0.128 e. The maximum atomic E-state index is 9.34. The number of fused-ring (bicyclic) bond motifs is 1. The molecule has 0 atom stereocenters. The number of aryl methyl sites for hydroxylation is 1. The first-order valence-electron chi connectivity index (χ1n) is 7.07. The SMILES string of the molecule is Cc1ccccc1N/N=C\c1c(C)c(C#N)n2ccccc12. The highest BCUT2D eigenvalue weighted by Gasteiger charge is 2.12. The summed E-state index contributed by atoms with van der Waals surface area (Å²) in [6, 6.07) is 16.1. The number of hydrogen-bond acceptors (Lipinski definition) is 3. The molecule has 0 radical (unpaired) electrons. The van der Waals surface area contributed by atoms with E-state index in [9.17, 15) is 5.26 Å². The molecular formula is C18H16N4. The number of nitriles is 1. The Morgan fingerprint density at radius 2 is 1.91 bits per heavy atom. The highest BCUT2D eigenvalue weighted by Crippen LogP contribution is 2.21. The summed E-state index contributed by atoms with van der Waals surface area (Å²) in [4.78, 5) is 0. The van der Waals surface area contributed by atoms with E-state index in [4.69, 9.17) is 0 Å². The molecule has 4 heteroatoms. The van der Waals surface area contributed by atoms with Crippen molar-refractivity contribution in [1.82, 2.24) is 4.40 Å². The zero-order valence-electron chi connectivity index (χ0n) is 12.5. The third-order valence-electron chi connectivity index (χ3n) is 3.77. The number of aromatic nitrogens is 1. The Hall–Kier alpha value is -3.06. The summed E-state index contributed by atoms with van der Waals surface area (Å²) in [6.45, 7) is 3.98. The second-order valence-corrected chi connectivity index (χ2v) is 5.14. The molecule has 0 bridgehead atoms. The average Bonchev–Trinajstić information content (AvgIpc) is 2.81. The van der Waals surface area contributed by atoms with Gasteiger partial charge in [-0.25, -0.2) is 0 Å². The molecule has 1 aromatic carbocycles. The first kappa shape index (κ1) is 13.9. The summed E-state index contributed by atoms with van der Waals surface area (Å²) >= 11 is 0. The molecular weight excluding hydrogens is 272 g/mol. The van der Waals surface area contributed by atoms with Gasteiger partial charge < -0.3 is 4.40 Å². The van der Waals surface area contributed by atoms with Crippen LogP contribution in [-0.4, -0.2) is 10.6 Å². The van der Waals surface area contributed by atoms with E-state index in [0.29, 0.717) is 5.69 Å². The number of hydrogen-bond donors (Lipinski definition) is 1. The van der Waals surface area contributed by atoms with E-state index >= 15 is 0 Å². The van der Waals surface area contributed by atoms with Crippen LogP contribution in [0.2, 0.25) is 0 Å². The summed E-state index contributed by atoms with van der Waals surface area (Å²) in [5, 5.41) is 13.7. The lowest BCUT2D eigenvalue weighted by Gasteiger charge is -2.03. The van der Waals surface area contributed by atoms with Crippen molar-refractivity contribution in [3.8, 4) is 6.07 Å². The second kappa shape index (κ2) is 5.74. The standard InChI is InChI=1S/C18H16N4/c1-13-7-3-4-8-16(13)21-20-12-15-14(2)18(11-19)22-10-6-5-9-17(15)22/h3-10,12,21H,1-2H3/b20-12-. The van der Waals surface area contributed by atoms with E-state index < -0.39 is 0 Å². The molecule has 1 N–H and O–H groups in total. The highest BCUT2D eigenvalue weighted by molar-refractivity contribution is 5.93. The van der Waals surface area contributed by atoms with E-state index in [2.05, 4.69) is 16.6 Å². The predicted octanol–water partition coefficient (Wildman–Crippen LogP) is 3.87.